The van der Waals surface area contributed by atoms with Gasteiger partial charge in [0.25, 0.3) is 0 Å². The van der Waals surface area contributed by atoms with E-state index in [0.717, 1.165) is 18.4 Å². The van der Waals surface area contributed by atoms with Gasteiger partial charge in [0.05, 0.1) is 6.42 Å². The molecule has 0 radical (unpaired) electrons. The molecule has 1 aromatic rings. The highest BCUT2D eigenvalue weighted by atomic mass is 35.5. The van der Waals surface area contributed by atoms with Crippen molar-refractivity contribution in [2.75, 3.05) is 13.1 Å². The third-order valence-electron chi connectivity index (χ3n) is 4.11. The number of likely N-dealkylation sites (tertiary alicyclic amines) is 1. The molecule has 0 spiro atoms. The summed E-state index contributed by atoms with van der Waals surface area (Å²) in [6.45, 7) is 5.46. The molecule has 0 bridgehead atoms. The van der Waals surface area contributed by atoms with Crippen LogP contribution in [0.2, 0.25) is 5.02 Å². The van der Waals surface area contributed by atoms with Crippen LogP contribution in [0.5, 0.6) is 0 Å². The number of hydrogen-bond acceptors (Lipinski definition) is 2. The van der Waals surface area contributed by atoms with Gasteiger partial charge in [-0.1, -0.05) is 43.6 Å². The van der Waals surface area contributed by atoms with Gasteiger partial charge in [-0.15, -0.1) is 0 Å². The first kappa shape index (κ1) is 17.8. The first-order valence-electron chi connectivity index (χ1n) is 8.26. The molecular weight excluding hydrogens is 312 g/mol. The van der Waals surface area contributed by atoms with Crippen molar-refractivity contribution in [3.8, 4) is 0 Å². The van der Waals surface area contributed by atoms with E-state index in [2.05, 4.69) is 5.32 Å². The van der Waals surface area contributed by atoms with Crippen molar-refractivity contribution in [2.24, 2.45) is 5.92 Å². The summed E-state index contributed by atoms with van der Waals surface area (Å²) < 4.78 is 0. The Labute approximate surface area is 143 Å². The lowest BCUT2D eigenvalue weighted by Gasteiger charge is -2.32. The highest BCUT2D eigenvalue weighted by Gasteiger charge is 2.24. The lowest BCUT2D eigenvalue weighted by Crippen LogP contribution is -2.47. The van der Waals surface area contributed by atoms with Gasteiger partial charge in [0.1, 0.15) is 0 Å². The maximum atomic E-state index is 12.4. The summed E-state index contributed by atoms with van der Waals surface area (Å²) in [6, 6.07) is 7.64. The fourth-order valence-corrected chi connectivity index (χ4v) is 3.05. The summed E-state index contributed by atoms with van der Waals surface area (Å²) in [5, 5.41) is 3.71. The Bertz CT molecular complexity index is 552. The Kier molecular flexibility index (Phi) is 6.46. The molecule has 2 rings (SSSR count). The number of amides is 2. The van der Waals surface area contributed by atoms with Gasteiger partial charge in [0, 0.05) is 30.6 Å². The molecule has 1 aromatic carbocycles. The van der Waals surface area contributed by atoms with Crippen molar-refractivity contribution in [1.29, 1.82) is 0 Å². The molecule has 0 atom stereocenters. The average molecular weight is 337 g/mol. The van der Waals surface area contributed by atoms with Gasteiger partial charge in [-0.3, -0.25) is 9.59 Å². The number of hydrogen-bond donors (Lipinski definition) is 1. The third kappa shape index (κ3) is 5.54. The molecule has 0 aliphatic carbocycles. The third-order valence-corrected chi connectivity index (χ3v) is 4.47. The highest BCUT2D eigenvalue weighted by molar-refractivity contribution is 6.31. The summed E-state index contributed by atoms with van der Waals surface area (Å²) >= 11 is 6.11. The zero-order valence-electron chi connectivity index (χ0n) is 13.8. The molecule has 1 N–H and O–H groups in total. The summed E-state index contributed by atoms with van der Waals surface area (Å²) in [7, 11) is 0. The predicted octanol–water partition coefficient (Wildman–Crippen LogP) is 3.04. The van der Waals surface area contributed by atoms with Gasteiger partial charge >= 0.3 is 0 Å². The molecule has 2 amide bonds. The number of piperidine rings is 1. The average Bonchev–Trinajstić information content (AvgIpc) is 2.49. The summed E-state index contributed by atoms with van der Waals surface area (Å²) in [5.74, 6) is 0.582. The minimum Gasteiger partial charge on any atom is -0.353 e. The number of rotatable bonds is 5. The fraction of sp³-hybridized carbons (Fsp3) is 0.556. The fourth-order valence-electron chi connectivity index (χ4n) is 2.85. The summed E-state index contributed by atoms with van der Waals surface area (Å²) in [5.41, 5.74) is 0.867. The van der Waals surface area contributed by atoms with Crippen molar-refractivity contribution >= 4 is 23.4 Å². The van der Waals surface area contributed by atoms with Gasteiger partial charge in [-0.2, -0.15) is 0 Å². The lowest BCUT2D eigenvalue weighted by atomic mass is 10.0. The van der Waals surface area contributed by atoms with Crippen LogP contribution in [0.1, 0.15) is 38.7 Å². The first-order valence-corrected chi connectivity index (χ1v) is 8.64. The van der Waals surface area contributed by atoms with Crippen LogP contribution in [0.25, 0.3) is 0 Å². The van der Waals surface area contributed by atoms with Crippen molar-refractivity contribution in [3.05, 3.63) is 34.9 Å². The number of nitrogens with zero attached hydrogens (tertiary/aromatic N) is 1. The van der Waals surface area contributed by atoms with Crippen LogP contribution in [0.15, 0.2) is 24.3 Å². The number of benzene rings is 1. The summed E-state index contributed by atoms with van der Waals surface area (Å²) in [6.07, 6.45) is 2.53. The molecule has 0 saturated carbocycles. The van der Waals surface area contributed by atoms with Crippen molar-refractivity contribution in [1.82, 2.24) is 10.2 Å². The van der Waals surface area contributed by atoms with Crippen LogP contribution in [-0.4, -0.2) is 35.8 Å². The molecular formula is C18H25ClN2O2. The molecule has 1 aliphatic heterocycles. The van der Waals surface area contributed by atoms with Crippen LogP contribution < -0.4 is 5.32 Å². The van der Waals surface area contributed by atoms with Gasteiger partial charge in [-0.05, 0) is 30.4 Å². The molecule has 1 fully saturated rings. The quantitative estimate of drug-likeness (QED) is 0.898. The van der Waals surface area contributed by atoms with E-state index in [0.29, 0.717) is 36.9 Å². The van der Waals surface area contributed by atoms with Crippen LogP contribution in [0.3, 0.4) is 0 Å². The van der Waals surface area contributed by atoms with Crippen LogP contribution in [0.4, 0.5) is 0 Å². The molecule has 0 unspecified atom stereocenters. The maximum absolute atomic E-state index is 12.4. The van der Waals surface area contributed by atoms with Gasteiger partial charge in [0.2, 0.25) is 11.8 Å². The minimum absolute atomic E-state index is 0.102. The Morgan fingerprint density at radius 1 is 1.26 bits per heavy atom. The van der Waals surface area contributed by atoms with Crippen LogP contribution >= 0.6 is 11.6 Å². The number of carbonyl (C=O) groups excluding carboxylic acids is 2. The van der Waals surface area contributed by atoms with E-state index in [9.17, 15) is 9.59 Å². The van der Waals surface area contributed by atoms with E-state index in [1.54, 1.807) is 6.07 Å². The van der Waals surface area contributed by atoms with Gasteiger partial charge < -0.3 is 10.2 Å². The SMILES string of the molecule is CC(C)CC(=O)NC1CCN(C(=O)Cc2ccccc2Cl)CC1. The second kappa shape index (κ2) is 8.34. The van der Waals surface area contributed by atoms with E-state index in [1.165, 1.54) is 0 Å². The van der Waals surface area contributed by atoms with E-state index in [1.807, 2.05) is 36.9 Å². The van der Waals surface area contributed by atoms with Gasteiger partial charge in [0.15, 0.2) is 0 Å². The van der Waals surface area contributed by atoms with E-state index in [-0.39, 0.29) is 17.9 Å². The smallest absolute Gasteiger partial charge is 0.227 e. The standard InChI is InChI=1S/C18H25ClN2O2/c1-13(2)11-17(22)20-15-7-9-21(10-8-15)18(23)12-14-5-3-4-6-16(14)19/h3-6,13,15H,7-12H2,1-2H3,(H,20,22). The topological polar surface area (TPSA) is 49.4 Å². The highest BCUT2D eigenvalue weighted by Crippen LogP contribution is 2.18. The van der Waals surface area contributed by atoms with Crippen LogP contribution in [0, 0.1) is 5.92 Å². The van der Waals surface area contributed by atoms with E-state index in [4.69, 9.17) is 11.6 Å². The van der Waals surface area contributed by atoms with Crippen molar-refractivity contribution in [2.45, 2.75) is 45.6 Å². The molecule has 0 aromatic heterocycles. The number of nitrogens with one attached hydrogen (secondary N) is 1. The number of carbonyl (C=O) groups is 2. The minimum atomic E-state index is 0.102. The number of halogens is 1. The second-order valence-electron chi connectivity index (χ2n) is 6.59. The predicted molar refractivity (Wildman–Crippen MR) is 92.4 cm³/mol. The van der Waals surface area contributed by atoms with E-state index < -0.39 is 0 Å². The molecule has 1 saturated heterocycles. The van der Waals surface area contributed by atoms with Crippen LogP contribution in [-0.2, 0) is 16.0 Å². The molecule has 23 heavy (non-hydrogen) atoms. The lowest BCUT2D eigenvalue weighted by molar-refractivity contribution is -0.131. The Morgan fingerprint density at radius 3 is 2.52 bits per heavy atom. The maximum Gasteiger partial charge on any atom is 0.227 e. The first-order chi connectivity index (χ1) is 11.0. The zero-order valence-corrected chi connectivity index (χ0v) is 14.6. The Morgan fingerprint density at radius 2 is 1.91 bits per heavy atom. The zero-order chi connectivity index (χ0) is 16.8. The van der Waals surface area contributed by atoms with Crippen molar-refractivity contribution in [3.63, 3.8) is 0 Å². The summed E-state index contributed by atoms with van der Waals surface area (Å²) in [4.78, 5) is 26.1. The Hall–Kier alpha value is -1.55. The normalized spacial score (nSPS) is 15.7. The molecule has 4 nitrogen and oxygen atoms in total. The Balaban J connectivity index is 1.79. The molecule has 5 heteroatoms. The van der Waals surface area contributed by atoms with Gasteiger partial charge in [-0.25, -0.2) is 0 Å². The van der Waals surface area contributed by atoms with E-state index >= 15 is 0 Å². The molecule has 126 valence electrons. The monoisotopic (exact) mass is 336 g/mol. The molecule has 1 heterocycles. The largest absolute Gasteiger partial charge is 0.353 e. The second-order valence-corrected chi connectivity index (χ2v) is 7.00. The molecule has 1 aliphatic rings. The van der Waals surface area contributed by atoms with Crippen molar-refractivity contribution < 1.29 is 9.59 Å².